The van der Waals surface area contributed by atoms with Crippen LogP contribution in [0.25, 0.3) is 0 Å². The minimum Gasteiger partial charge on any atom is -0.328 e. The highest BCUT2D eigenvalue weighted by atomic mass is 32.2. The van der Waals surface area contributed by atoms with Crippen LogP contribution in [0.3, 0.4) is 0 Å². The SMILES string of the molecule is CC(C)c1ccc(S(=O)(=O)c2ccc(F)cc2)cc1S(=O)(=O)NC1CC[N+](C)(C)CC1. The van der Waals surface area contributed by atoms with Crippen LogP contribution in [0, 0.1) is 5.82 Å². The lowest BCUT2D eigenvalue weighted by atomic mass is 10.0. The molecule has 0 radical (unpaired) electrons. The van der Waals surface area contributed by atoms with Crippen molar-refractivity contribution in [2.75, 3.05) is 27.2 Å². The Morgan fingerprint density at radius 3 is 2.03 bits per heavy atom. The van der Waals surface area contributed by atoms with Crippen LogP contribution in [0.5, 0.6) is 0 Å². The number of quaternary nitrogens is 1. The second-order valence-corrected chi connectivity index (χ2v) is 12.7. The highest BCUT2D eigenvalue weighted by Crippen LogP contribution is 2.30. The lowest BCUT2D eigenvalue weighted by Gasteiger charge is -2.37. The second-order valence-electron chi connectivity index (χ2n) is 9.09. The van der Waals surface area contributed by atoms with Crippen LogP contribution < -0.4 is 4.72 Å². The summed E-state index contributed by atoms with van der Waals surface area (Å²) in [6, 6.07) is 8.48. The summed E-state index contributed by atoms with van der Waals surface area (Å²) >= 11 is 0. The van der Waals surface area contributed by atoms with Gasteiger partial charge in [-0.3, -0.25) is 0 Å². The molecule has 9 heteroatoms. The van der Waals surface area contributed by atoms with E-state index in [2.05, 4.69) is 18.8 Å². The summed E-state index contributed by atoms with van der Waals surface area (Å²) < 4.78 is 69.5. The van der Waals surface area contributed by atoms with Gasteiger partial charge < -0.3 is 4.48 Å². The number of likely N-dealkylation sites (tertiary alicyclic amines) is 1. The topological polar surface area (TPSA) is 80.3 Å². The van der Waals surface area contributed by atoms with Crippen LogP contribution in [0.1, 0.15) is 38.2 Å². The molecule has 0 atom stereocenters. The maximum atomic E-state index is 13.3. The lowest BCUT2D eigenvalue weighted by Crippen LogP contribution is -2.51. The molecule has 3 rings (SSSR count). The molecule has 1 saturated heterocycles. The number of benzene rings is 2. The van der Waals surface area contributed by atoms with E-state index in [0.29, 0.717) is 5.56 Å². The molecule has 1 heterocycles. The first-order chi connectivity index (χ1) is 14.3. The first-order valence-corrected chi connectivity index (χ1v) is 13.3. The van der Waals surface area contributed by atoms with Crippen molar-refractivity contribution in [3.8, 4) is 0 Å². The molecule has 1 aliphatic rings. The molecule has 0 spiro atoms. The van der Waals surface area contributed by atoms with Crippen molar-refractivity contribution in [1.29, 1.82) is 0 Å². The molecule has 2 aromatic carbocycles. The average Bonchev–Trinajstić information content (AvgIpc) is 2.69. The summed E-state index contributed by atoms with van der Waals surface area (Å²) in [7, 11) is -3.68. The number of hydrogen-bond acceptors (Lipinski definition) is 4. The van der Waals surface area contributed by atoms with Crippen molar-refractivity contribution in [1.82, 2.24) is 4.72 Å². The van der Waals surface area contributed by atoms with Gasteiger partial charge in [-0.05, 0) is 47.9 Å². The quantitative estimate of drug-likeness (QED) is 0.520. The van der Waals surface area contributed by atoms with E-state index in [4.69, 9.17) is 0 Å². The Labute approximate surface area is 184 Å². The fourth-order valence-corrected chi connectivity index (χ4v) is 6.87. The van der Waals surface area contributed by atoms with E-state index in [1.54, 1.807) is 6.07 Å². The summed E-state index contributed by atoms with van der Waals surface area (Å²) in [6.07, 6.45) is 1.44. The Balaban J connectivity index is 1.99. The molecular formula is C22H30FN2O4S2+. The molecule has 1 fully saturated rings. The molecule has 0 aromatic heterocycles. The Morgan fingerprint density at radius 1 is 0.935 bits per heavy atom. The number of sulfonamides is 1. The van der Waals surface area contributed by atoms with Crippen molar-refractivity contribution < 1.29 is 25.7 Å². The van der Waals surface area contributed by atoms with E-state index in [9.17, 15) is 21.2 Å². The first kappa shape index (κ1) is 23.8. The summed E-state index contributed by atoms with van der Waals surface area (Å²) in [5.41, 5.74) is 0.553. The molecule has 0 aliphatic carbocycles. The predicted octanol–water partition coefficient (Wildman–Crippen LogP) is 3.30. The zero-order valence-corrected chi connectivity index (χ0v) is 19.9. The van der Waals surface area contributed by atoms with Gasteiger partial charge in [-0.15, -0.1) is 0 Å². The Morgan fingerprint density at radius 2 is 1.48 bits per heavy atom. The lowest BCUT2D eigenvalue weighted by molar-refractivity contribution is -0.895. The van der Waals surface area contributed by atoms with Gasteiger partial charge in [-0.2, -0.15) is 0 Å². The van der Waals surface area contributed by atoms with E-state index >= 15 is 0 Å². The van der Waals surface area contributed by atoms with Gasteiger partial charge >= 0.3 is 0 Å². The van der Waals surface area contributed by atoms with Crippen molar-refractivity contribution in [2.24, 2.45) is 0 Å². The second kappa shape index (κ2) is 8.61. The number of nitrogens with zero attached hydrogens (tertiary/aromatic N) is 1. The van der Waals surface area contributed by atoms with Crippen LogP contribution >= 0.6 is 0 Å². The highest BCUT2D eigenvalue weighted by Gasteiger charge is 2.31. The molecule has 1 N–H and O–H groups in total. The maximum absolute atomic E-state index is 13.3. The summed E-state index contributed by atoms with van der Waals surface area (Å²) in [6.45, 7) is 5.46. The van der Waals surface area contributed by atoms with Gasteiger partial charge in [0.15, 0.2) is 0 Å². The van der Waals surface area contributed by atoms with E-state index in [0.717, 1.165) is 42.5 Å². The number of hydrogen-bond donors (Lipinski definition) is 1. The minimum absolute atomic E-state index is 0.0231. The zero-order valence-electron chi connectivity index (χ0n) is 18.3. The van der Waals surface area contributed by atoms with Crippen molar-refractivity contribution in [2.45, 2.75) is 53.3 Å². The molecule has 6 nitrogen and oxygen atoms in total. The fraction of sp³-hybridized carbons (Fsp3) is 0.455. The summed E-state index contributed by atoms with van der Waals surface area (Å²) in [5, 5.41) is 0. The van der Waals surface area contributed by atoms with Gasteiger partial charge in [0.2, 0.25) is 19.9 Å². The van der Waals surface area contributed by atoms with E-state index in [1.807, 2.05) is 13.8 Å². The molecule has 170 valence electrons. The van der Waals surface area contributed by atoms with Gasteiger partial charge in [-0.25, -0.2) is 25.9 Å². The number of nitrogens with one attached hydrogen (secondary N) is 1. The summed E-state index contributed by atoms with van der Waals surface area (Å²) in [4.78, 5) is -0.245. The third-order valence-electron chi connectivity index (χ3n) is 5.82. The number of piperidine rings is 1. The van der Waals surface area contributed by atoms with Crippen LogP contribution in [0.15, 0.2) is 57.2 Å². The molecule has 1 aliphatic heterocycles. The first-order valence-electron chi connectivity index (χ1n) is 10.3. The van der Waals surface area contributed by atoms with E-state index in [-0.39, 0.29) is 26.6 Å². The third kappa shape index (κ3) is 5.34. The van der Waals surface area contributed by atoms with Gasteiger partial charge in [-0.1, -0.05) is 19.9 Å². The Hall–Kier alpha value is -1.81. The van der Waals surface area contributed by atoms with Crippen LogP contribution in [-0.2, 0) is 19.9 Å². The van der Waals surface area contributed by atoms with Crippen molar-refractivity contribution in [3.63, 3.8) is 0 Å². The van der Waals surface area contributed by atoms with Gasteiger partial charge in [0, 0.05) is 18.9 Å². The number of halogens is 1. The molecule has 2 aromatic rings. The maximum Gasteiger partial charge on any atom is 0.241 e. The van der Waals surface area contributed by atoms with E-state index in [1.165, 1.54) is 24.3 Å². The Kier molecular flexibility index (Phi) is 6.63. The minimum atomic E-state index is -3.99. The monoisotopic (exact) mass is 469 g/mol. The van der Waals surface area contributed by atoms with E-state index < -0.39 is 25.7 Å². The van der Waals surface area contributed by atoms with Crippen LogP contribution in [-0.4, -0.2) is 54.5 Å². The van der Waals surface area contributed by atoms with Gasteiger partial charge in [0.1, 0.15) is 5.82 Å². The zero-order chi connectivity index (χ0) is 23.0. The van der Waals surface area contributed by atoms with Crippen LogP contribution in [0.2, 0.25) is 0 Å². The molecule has 31 heavy (non-hydrogen) atoms. The number of rotatable bonds is 6. The Bertz CT molecular complexity index is 1150. The van der Waals surface area contributed by atoms with Crippen molar-refractivity contribution >= 4 is 19.9 Å². The van der Waals surface area contributed by atoms with Gasteiger partial charge in [0.25, 0.3) is 0 Å². The largest absolute Gasteiger partial charge is 0.328 e. The predicted molar refractivity (Wildman–Crippen MR) is 118 cm³/mol. The van der Waals surface area contributed by atoms with Crippen LogP contribution in [0.4, 0.5) is 4.39 Å². The molecule has 0 amide bonds. The smallest absolute Gasteiger partial charge is 0.241 e. The van der Waals surface area contributed by atoms with Crippen molar-refractivity contribution in [3.05, 3.63) is 53.8 Å². The third-order valence-corrected chi connectivity index (χ3v) is 9.16. The highest BCUT2D eigenvalue weighted by molar-refractivity contribution is 7.91. The average molecular weight is 470 g/mol. The van der Waals surface area contributed by atoms with Gasteiger partial charge in [0.05, 0.1) is 41.9 Å². The molecule has 0 saturated carbocycles. The normalized spacial score (nSPS) is 17.7. The fourth-order valence-electron chi connectivity index (χ4n) is 3.81. The molecular weight excluding hydrogens is 439 g/mol. The standard InChI is InChI=1S/C22H30FN2O4S2/c1-16(2)21-10-9-20(30(26,27)19-7-5-17(23)6-8-19)15-22(21)31(28,29)24-18-11-13-25(3,4)14-12-18/h5-10,15-16,18,24H,11-14H2,1-4H3/q+1. The molecule has 0 unspecified atom stereocenters. The summed E-state index contributed by atoms with van der Waals surface area (Å²) in [5.74, 6) is -0.660. The molecule has 0 bridgehead atoms. The number of sulfone groups is 1.